The summed E-state index contributed by atoms with van der Waals surface area (Å²) in [5.41, 5.74) is 0.415. The van der Waals surface area contributed by atoms with Crippen LogP contribution < -0.4 is 5.32 Å². The minimum absolute atomic E-state index is 0.415. The molecule has 16 heavy (non-hydrogen) atoms. The molecule has 1 unspecified atom stereocenters. The van der Waals surface area contributed by atoms with Crippen LogP contribution in [0.1, 0.15) is 33.1 Å². The van der Waals surface area contributed by atoms with Gasteiger partial charge in [-0.15, -0.1) is 0 Å². The van der Waals surface area contributed by atoms with Gasteiger partial charge in [-0.1, -0.05) is 13.8 Å². The summed E-state index contributed by atoms with van der Waals surface area (Å²) in [5, 5.41) is 3.75. The molecule has 2 rings (SSSR count). The summed E-state index contributed by atoms with van der Waals surface area (Å²) in [6, 6.07) is 0. The second-order valence-corrected chi connectivity index (χ2v) is 5.55. The van der Waals surface area contributed by atoms with Crippen molar-refractivity contribution < 1.29 is 4.74 Å². The van der Waals surface area contributed by atoms with Crippen molar-refractivity contribution in [1.29, 1.82) is 0 Å². The third-order valence-corrected chi connectivity index (χ3v) is 4.36. The number of rotatable bonds is 4. The maximum absolute atomic E-state index is 5.39. The van der Waals surface area contributed by atoms with Crippen LogP contribution in [-0.2, 0) is 4.74 Å². The largest absolute Gasteiger partial charge is 0.379 e. The molecule has 1 N–H and O–H groups in total. The lowest BCUT2D eigenvalue weighted by Crippen LogP contribution is -2.48. The van der Waals surface area contributed by atoms with Crippen LogP contribution in [0.15, 0.2) is 0 Å². The highest BCUT2D eigenvalue weighted by atomic mass is 16.5. The molecule has 0 amide bonds. The molecule has 2 heterocycles. The van der Waals surface area contributed by atoms with E-state index in [2.05, 4.69) is 24.1 Å². The van der Waals surface area contributed by atoms with Gasteiger partial charge in [0.05, 0.1) is 13.2 Å². The summed E-state index contributed by atoms with van der Waals surface area (Å²) in [4.78, 5) is 2.55. The normalized spacial score (nSPS) is 32.4. The molecule has 3 nitrogen and oxygen atoms in total. The first-order chi connectivity index (χ1) is 7.73. The Labute approximate surface area is 99.5 Å². The van der Waals surface area contributed by atoms with Gasteiger partial charge >= 0.3 is 0 Å². The van der Waals surface area contributed by atoms with E-state index in [9.17, 15) is 0 Å². The molecule has 1 atom stereocenters. The molecule has 0 radical (unpaired) electrons. The van der Waals surface area contributed by atoms with E-state index in [0.717, 1.165) is 32.2 Å². The van der Waals surface area contributed by atoms with Crippen LogP contribution in [0.3, 0.4) is 0 Å². The van der Waals surface area contributed by atoms with Crippen LogP contribution in [0, 0.1) is 5.92 Å². The van der Waals surface area contributed by atoms with Crippen molar-refractivity contribution in [1.82, 2.24) is 10.2 Å². The van der Waals surface area contributed by atoms with Gasteiger partial charge < -0.3 is 10.1 Å². The Morgan fingerprint density at radius 1 is 1.31 bits per heavy atom. The van der Waals surface area contributed by atoms with Crippen molar-refractivity contribution in [2.75, 3.05) is 39.4 Å². The van der Waals surface area contributed by atoms with E-state index in [1.165, 1.54) is 32.4 Å². The minimum atomic E-state index is 0.415. The van der Waals surface area contributed by atoms with Crippen molar-refractivity contribution >= 4 is 0 Å². The number of hydrogen-bond acceptors (Lipinski definition) is 3. The molecule has 0 saturated carbocycles. The van der Waals surface area contributed by atoms with Gasteiger partial charge in [-0.05, 0) is 31.7 Å². The molecule has 3 heteroatoms. The van der Waals surface area contributed by atoms with Crippen LogP contribution in [0.25, 0.3) is 0 Å². The van der Waals surface area contributed by atoms with E-state index in [-0.39, 0.29) is 0 Å². The van der Waals surface area contributed by atoms with Crippen LogP contribution in [0.2, 0.25) is 0 Å². The Morgan fingerprint density at radius 3 is 2.62 bits per heavy atom. The summed E-state index contributed by atoms with van der Waals surface area (Å²) in [5.74, 6) is 0.746. The minimum Gasteiger partial charge on any atom is -0.379 e. The zero-order chi connectivity index (χ0) is 11.4. The Morgan fingerprint density at radius 2 is 2.06 bits per heavy atom. The van der Waals surface area contributed by atoms with Crippen LogP contribution >= 0.6 is 0 Å². The zero-order valence-electron chi connectivity index (χ0n) is 10.8. The number of morpholine rings is 1. The first-order valence-corrected chi connectivity index (χ1v) is 6.78. The Kier molecular flexibility index (Phi) is 4.22. The van der Waals surface area contributed by atoms with Gasteiger partial charge in [0.2, 0.25) is 0 Å². The quantitative estimate of drug-likeness (QED) is 0.786. The van der Waals surface area contributed by atoms with Gasteiger partial charge in [0.15, 0.2) is 0 Å². The van der Waals surface area contributed by atoms with Crippen molar-refractivity contribution in [2.24, 2.45) is 5.92 Å². The second kappa shape index (κ2) is 5.48. The molecule has 0 aromatic carbocycles. The highest BCUT2D eigenvalue weighted by Crippen LogP contribution is 2.31. The first kappa shape index (κ1) is 12.3. The van der Waals surface area contributed by atoms with Crippen LogP contribution in [0.5, 0.6) is 0 Å². The molecule has 0 aromatic heterocycles. The van der Waals surface area contributed by atoms with Crippen molar-refractivity contribution in [3.63, 3.8) is 0 Å². The van der Waals surface area contributed by atoms with Gasteiger partial charge in [0, 0.05) is 25.2 Å². The number of nitrogens with zero attached hydrogens (tertiary/aromatic N) is 1. The number of hydrogen-bond donors (Lipinski definition) is 1. The van der Waals surface area contributed by atoms with Crippen molar-refractivity contribution in [2.45, 2.75) is 38.6 Å². The molecule has 2 saturated heterocycles. The van der Waals surface area contributed by atoms with Gasteiger partial charge in [0.25, 0.3) is 0 Å². The monoisotopic (exact) mass is 226 g/mol. The maximum atomic E-state index is 5.39. The van der Waals surface area contributed by atoms with E-state index in [0.29, 0.717) is 5.54 Å². The lowest BCUT2D eigenvalue weighted by atomic mass is 9.82. The van der Waals surface area contributed by atoms with Gasteiger partial charge in [-0.2, -0.15) is 0 Å². The SMILES string of the molecule is CC(C)C1(CCN2CCOCC2)CCCN1. The van der Waals surface area contributed by atoms with Crippen LogP contribution in [-0.4, -0.2) is 49.8 Å². The molecule has 2 aliphatic heterocycles. The summed E-state index contributed by atoms with van der Waals surface area (Å²) >= 11 is 0. The highest BCUT2D eigenvalue weighted by Gasteiger charge is 2.36. The van der Waals surface area contributed by atoms with Crippen molar-refractivity contribution in [3.8, 4) is 0 Å². The topological polar surface area (TPSA) is 24.5 Å². The molecule has 2 aliphatic rings. The van der Waals surface area contributed by atoms with Crippen molar-refractivity contribution in [3.05, 3.63) is 0 Å². The zero-order valence-corrected chi connectivity index (χ0v) is 10.8. The molecule has 0 bridgehead atoms. The number of nitrogens with one attached hydrogen (secondary N) is 1. The fourth-order valence-electron chi connectivity index (χ4n) is 3.01. The molecule has 94 valence electrons. The lowest BCUT2D eigenvalue weighted by Gasteiger charge is -2.37. The molecule has 0 spiro atoms. The fraction of sp³-hybridized carbons (Fsp3) is 1.00. The Balaban J connectivity index is 1.81. The third-order valence-electron chi connectivity index (χ3n) is 4.36. The van der Waals surface area contributed by atoms with E-state index in [1.807, 2.05) is 0 Å². The maximum Gasteiger partial charge on any atom is 0.0594 e. The summed E-state index contributed by atoms with van der Waals surface area (Å²) in [7, 11) is 0. The molecule has 0 aromatic rings. The molecular formula is C13H26N2O. The molecule has 2 fully saturated rings. The predicted octanol–water partition coefficient (Wildman–Crippen LogP) is 1.49. The summed E-state index contributed by atoms with van der Waals surface area (Å²) in [6.45, 7) is 11.2. The third kappa shape index (κ3) is 2.76. The van der Waals surface area contributed by atoms with E-state index >= 15 is 0 Å². The van der Waals surface area contributed by atoms with Crippen LogP contribution in [0.4, 0.5) is 0 Å². The fourth-order valence-corrected chi connectivity index (χ4v) is 3.01. The van der Waals surface area contributed by atoms with Gasteiger partial charge in [-0.3, -0.25) is 4.90 Å². The van der Waals surface area contributed by atoms with Gasteiger partial charge in [-0.25, -0.2) is 0 Å². The van der Waals surface area contributed by atoms with E-state index in [4.69, 9.17) is 4.74 Å². The van der Waals surface area contributed by atoms with E-state index < -0.39 is 0 Å². The molecular weight excluding hydrogens is 200 g/mol. The average molecular weight is 226 g/mol. The standard InChI is InChI=1S/C13H26N2O/c1-12(2)13(4-3-6-14-13)5-7-15-8-10-16-11-9-15/h12,14H,3-11H2,1-2H3. The lowest BCUT2D eigenvalue weighted by molar-refractivity contribution is 0.0321. The summed E-state index contributed by atoms with van der Waals surface area (Å²) in [6.07, 6.45) is 4.00. The Hall–Kier alpha value is -0.120. The Bertz CT molecular complexity index is 206. The first-order valence-electron chi connectivity index (χ1n) is 6.78. The second-order valence-electron chi connectivity index (χ2n) is 5.55. The number of ether oxygens (including phenoxy) is 1. The average Bonchev–Trinajstić information content (AvgIpc) is 2.78. The molecule has 0 aliphatic carbocycles. The van der Waals surface area contributed by atoms with E-state index in [1.54, 1.807) is 0 Å². The van der Waals surface area contributed by atoms with Gasteiger partial charge in [0.1, 0.15) is 0 Å². The highest BCUT2D eigenvalue weighted by molar-refractivity contribution is 4.96. The summed E-state index contributed by atoms with van der Waals surface area (Å²) < 4.78 is 5.39. The smallest absolute Gasteiger partial charge is 0.0594 e. The predicted molar refractivity (Wildman–Crippen MR) is 66.7 cm³/mol.